The van der Waals surface area contributed by atoms with E-state index in [1.165, 1.54) is 6.07 Å². The first kappa shape index (κ1) is 19.9. The van der Waals surface area contributed by atoms with Gasteiger partial charge in [0.15, 0.2) is 5.69 Å². The zero-order chi connectivity index (χ0) is 19.3. The Morgan fingerprint density at radius 2 is 2.15 bits per heavy atom. The normalized spacial score (nSPS) is 17.5. The van der Waals surface area contributed by atoms with Gasteiger partial charge in [0.25, 0.3) is 11.8 Å². The smallest absolute Gasteiger partial charge is 0.426 e. The summed E-state index contributed by atoms with van der Waals surface area (Å²) in [4.78, 5) is 29.2. The Morgan fingerprint density at radius 1 is 1.42 bits per heavy atom. The third-order valence-electron chi connectivity index (χ3n) is 3.75. The minimum Gasteiger partial charge on any atom is -0.426 e. The number of carbonyl (C=O) groups excluding carboxylic acids is 2. The molecule has 1 unspecified atom stereocenters. The van der Waals surface area contributed by atoms with E-state index in [0.717, 1.165) is 0 Å². The van der Waals surface area contributed by atoms with E-state index in [9.17, 15) is 19.6 Å². The van der Waals surface area contributed by atoms with Gasteiger partial charge >= 0.3 is 7.12 Å². The Hall–Kier alpha value is -2.40. The van der Waals surface area contributed by atoms with Crippen molar-refractivity contribution in [3.05, 3.63) is 17.5 Å². The van der Waals surface area contributed by atoms with Crippen molar-refractivity contribution in [2.75, 3.05) is 6.54 Å². The van der Waals surface area contributed by atoms with Crippen LogP contribution in [0.15, 0.2) is 15.7 Å². The number of nitrogens with zero attached hydrogens (tertiary/aromatic N) is 2. The SMILES string of the molecule is Cc1cc(C(=O)NCC2=NOC(C(=O)N[C@@H](CC(C)C)B(O)O)C2)no1. The fourth-order valence-corrected chi connectivity index (χ4v) is 2.46. The lowest BCUT2D eigenvalue weighted by Crippen LogP contribution is -2.50. The molecule has 2 heterocycles. The average molecular weight is 366 g/mol. The van der Waals surface area contributed by atoms with Crippen molar-refractivity contribution >= 4 is 24.6 Å². The lowest BCUT2D eigenvalue weighted by Gasteiger charge is -2.20. The summed E-state index contributed by atoms with van der Waals surface area (Å²) in [6.07, 6.45) is -0.263. The van der Waals surface area contributed by atoms with Gasteiger partial charge in [0.05, 0.1) is 18.2 Å². The fraction of sp³-hybridized carbons (Fsp3) is 0.600. The predicted molar refractivity (Wildman–Crippen MR) is 92.1 cm³/mol. The summed E-state index contributed by atoms with van der Waals surface area (Å²) in [6, 6.07) is 1.51. The number of carbonyl (C=O) groups is 2. The number of rotatable bonds is 8. The molecule has 0 spiro atoms. The van der Waals surface area contributed by atoms with Crippen LogP contribution in [-0.2, 0) is 9.63 Å². The number of hydrogen-bond acceptors (Lipinski definition) is 8. The van der Waals surface area contributed by atoms with Gasteiger partial charge in [-0.2, -0.15) is 0 Å². The van der Waals surface area contributed by atoms with Gasteiger partial charge in [0.2, 0.25) is 6.10 Å². The van der Waals surface area contributed by atoms with E-state index in [0.29, 0.717) is 17.9 Å². The molecular weight excluding hydrogens is 343 g/mol. The van der Waals surface area contributed by atoms with Crippen molar-refractivity contribution in [1.29, 1.82) is 0 Å². The van der Waals surface area contributed by atoms with Crippen LogP contribution in [0.1, 0.15) is 42.9 Å². The summed E-state index contributed by atoms with van der Waals surface area (Å²) in [5.74, 6) is -0.992. The topological polar surface area (TPSA) is 146 Å². The molecule has 0 aromatic carbocycles. The molecule has 1 aliphatic rings. The molecule has 10 nitrogen and oxygen atoms in total. The maximum absolute atomic E-state index is 12.2. The third kappa shape index (κ3) is 5.56. The summed E-state index contributed by atoms with van der Waals surface area (Å²) in [5, 5.41) is 31.3. The minimum atomic E-state index is -1.66. The minimum absolute atomic E-state index is 0.104. The van der Waals surface area contributed by atoms with Crippen molar-refractivity contribution in [2.24, 2.45) is 11.1 Å². The standard InChI is InChI=1S/C15H23BN4O6/c1-8(2)4-13(16(23)24)18-15(22)12-6-10(19-26-12)7-17-14(21)11-5-9(3)25-20-11/h5,8,12-13,23-24H,4,6-7H2,1-3H3,(H,17,21)(H,18,22)/t12?,13-/m0/s1. The van der Waals surface area contributed by atoms with E-state index in [2.05, 4.69) is 20.9 Å². The second-order valence-electron chi connectivity index (χ2n) is 6.62. The van der Waals surface area contributed by atoms with E-state index < -0.39 is 31.0 Å². The van der Waals surface area contributed by atoms with Gasteiger partial charge in [-0.25, -0.2) is 0 Å². The van der Waals surface area contributed by atoms with Gasteiger partial charge in [0, 0.05) is 12.5 Å². The molecule has 0 aliphatic carbocycles. The highest BCUT2D eigenvalue weighted by molar-refractivity contribution is 6.43. The van der Waals surface area contributed by atoms with E-state index >= 15 is 0 Å². The molecule has 2 atom stereocenters. The zero-order valence-corrected chi connectivity index (χ0v) is 14.9. The van der Waals surface area contributed by atoms with Crippen LogP contribution in [0.5, 0.6) is 0 Å². The molecule has 26 heavy (non-hydrogen) atoms. The molecule has 2 amide bonds. The molecule has 1 aromatic heterocycles. The number of oxime groups is 1. The number of hydrogen-bond donors (Lipinski definition) is 4. The Morgan fingerprint density at radius 3 is 2.73 bits per heavy atom. The number of amides is 2. The van der Waals surface area contributed by atoms with Gasteiger partial charge < -0.3 is 30.0 Å². The van der Waals surface area contributed by atoms with Crippen LogP contribution in [0.3, 0.4) is 0 Å². The summed E-state index contributed by atoms with van der Waals surface area (Å²) >= 11 is 0. The van der Waals surface area contributed by atoms with Gasteiger partial charge in [-0.05, 0) is 19.3 Å². The summed E-state index contributed by atoms with van der Waals surface area (Å²) in [5.41, 5.74) is 0.647. The molecule has 4 N–H and O–H groups in total. The lowest BCUT2D eigenvalue weighted by atomic mass is 9.75. The molecule has 0 saturated carbocycles. The van der Waals surface area contributed by atoms with E-state index in [-0.39, 0.29) is 24.6 Å². The molecule has 2 rings (SSSR count). The first-order valence-electron chi connectivity index (χ1n) is 8.35. The van der Waals surface area contributed by atoms with Crippen LogP contribution >= 0.6 is 0 Å². The monoisotopic (exact) mass is 366 g/mol. The van der Waals surface area contributed by atoms with Crippen molar-refractivity contribution in [3.63, 3.8) is 0 Å². The van der Waals surface area contributed by atoms with Crippen molar-refractivity contribution < 1.29 is 29.0 Å². The van der Waals surface area contributed by atoms with E-state index in [4.69, 9.17) is 9.36 Å². The maximum Gasteiger partial charge on any atom is 0.475 e. The van der Waals surface area contributed by atoms with Crippen LogP contribution in [0.2, 0.25) is 0 Å². The molecule has 0 bridgehead atoms. The molecular formula is C15H23BN4O6. The second kappa shape index (κ2) is 8.81. The van der Waals surface area contributed by atoms with Crippen LogP contribution < -0.4 is 10.6 Å². The van der Waals surface area contributed by atoms with Crippen LogP contribution in [-0.4, -0.2) is 58.4 Å². The molecule has 0 saturated heterocycles. The molecule has 0 radical (unpaired) electrons. The van der Waals surface area contributed by atoms with Gasteiger partial charge in [-0.1, -0.05) is 24.2 Å². The first-order valence-corrected chi connectivity index (χ1v) is 8.35. The quantitative estimate of drug-likeness (QED) is 0.449. The molecule has 11 heteroatoms. The van der Waals surface area contributed by atoms with Crippen LogP contribution in [0, 0.1) is 12.8 Å². The van der Waals surface area contributed by atoms with Crippen LogP contribution in [0.4, 0.5) is 0 Å². The molecule has 1 aromatic rings. The summed E-state index contributed by atoms with van der Waals surface area (Å²) < 4.78 is 4.83. The summed E-state index contributed by atoms with van der Waals surface area (Å²) in [7, 11) is -1.66. The third-order valence-corrected chi connectivity index (χ3v) is 3.75. The van der Waals surface area contributed by atoms with Gasteiger partial charge in [0.1, 0.15) is 5.76 Å². The van der Waals surface area contributed by atoms with E-state index in [1.54, 1.807) is 6.92 Å². The molecule has 142 valence electrons. The van der Waals surface area contributed by atoms with E-state index in [1.807, 2.05) is 13.8 Å². The predicted octanol–water partition coefficient (Wildman–Crippen LogP) is -0.599. The van der Waals surface area contributed by atoms with Crippen molar-refractivity contribution in [2.45, 2.75) is 45.7 Å². The average Bonchev–Trinajstić information content (AvgIpc) is 3.20. The Balaban J connectivity index is 1.79. The number of aryl methyl sites for hydroxylation is 1. The Kier molecular flexibility index (Phi) is 6.75. The van der Waals surface area contributed by atoms with Crippen molar-refractivity contribution in [3.8, 4) is 0 Å². The molecule has 0 fully saturated rings. The maximum atomic E-state index is 12.2. The lowest BCUT2D eigenvalue weighted by molar-refractivity contribution is -0.131. The highest BCUT2D eigenvalue weighted by Gasteiger charge is 2.33. The number of nitrogens with one attached hydrogen (secondary N) is 2. The second-order valence-corrected chi connectivity index (χ2v) is 6.62. The highest BCUT2D eigenvalue weighted by atomic mass is 16.6. The first-order chi connectivity index (χ1) is 12.3. The fourth-order valence-electron chi connectivity index (χ4n) is 2.46. The number of aromatic nitrogens is 1. The zero-order valence-electron chi connectivity index (χ0n) is 14.9. The summed E-state index contributed by atoms with van der Waals surface area (Å²) in [6.45, 7) is 5.60. The molecule has 1 aliphatic heterocycles. The largest absolute Gasteiger partial charge is 0.475 e. The van der Waals surface area contributed by atoms with Crippen molar-refractivity contribution in [1.82, 2.24) is 15.8 Å². The van der Waals surface area contributed by atoms with Crippen LogP contribution in [0.25, 0.3) is 0 Å². The highest BCUT2D eigenvalue weighted by Crippen LogP contribution is 2.12. The Bertz CT molecular complexity index is 675. The Labute approximate surface area is 151 Å². The van der Waals surface area contributed by atoms with Gasteiger partial charge in [-0.15, -0.1) is 0 Å². The van der Waals surface area contributed by atoms with Gasteiger partial charge in [-0.3, -0.25) is 9.59 Å².